The van der Waals surface area contributed by atoms with Gasteiger partial charge in [-0.05, 0) is 84.9 Å². The number of hydrogen-bond donors (Lipinski definition) is 0. The van der Waals surface area contributed by atoms with E-state index < -0.39 is 0 Å². The maximum Gasteiger partial charge on any atom is 0.0889 e. The molecule has 53 heavy (non-hydrogen) atoms. The predicted octanol–water partition coefficient (Wildman–Crippen LogP) is 13.8. The van der Waals surface area contributed by atoms with Crippen LogP contribution in [0.25, 0.3) is 116 Å². The van der Waals surface area contributed by atoms with Crippen LogP contribution in [-0.2, 0) is 0 Å². The largest absolute Gasteiger partial charge is 0.309 e. The minimum atomic E-state index is 1.07. The quantitative estimate of drug-likeness (QED) is 0.178. The van der Waals surface area contributed by atoms with Gasteiger partial charge in [-0.15, -0.1) is 34.0 Å². The Bertz CT molecular complexity index is 3460. The summed E-state index contributed by atoms with van der Waals surface area (Å²) >= 11 is 5.55. The van der Waals surface area contributed by atoms with E-state index in [1.807, 2.05) is 58.5 Å². The molecule has 0 aliphatic heterocycles. The molecule has 7 heterocycles. The molecule has 4 nitrogen and oxygen atoms in total. The lowest BCUT2D eigenvalue weighted by atomic mass is 10.1. The molecule has 7 aromatic heterocycles. The molecule has 0 amide bonds. The molecule has 6 aromatic carbocycles. The molecule has 13 rings (SSSR count). The van der Waals surface area contributed by atoms with E-state index in [0.29, 0.717) is 0 Å². The van der Waals surface area contributed by atoms with Gasteiger partial charge in [-0.2, -0.15) is 0 Å². The fourth-order valence-electron chi connectivity index (χ4n) is 8.80. The molecule has 0 fully saturated rings. The number of thiophene rings is 3. The molecular weight excluding hydrogens is 705 g/mol. The van der Waals surface area contributed by atoms with E-state index in [4.69, 9.17) is 9.97 Å². The first-order chi connectivity index (χ1) is 26.3. The van der Waals surface area contributed by atoms with Crippen molar-refractivity contribution in [3.63, 3.8) is 0 Å². The summed E-state index contributed by atoms with van der Waals surface area (Å²) < 4.78 is 12.5. The van der Waals surface area contributed by atoms with Gasteiger partial charge in [-0.1, -0.05) is 48.5 Å². The van der Waals surface area contributed by atoms with Crippen LogP contribution in [0, 0.1) is 0 Å². The van der Waals surface area contributed by atoms with Crippen LogP contribution in [0.15, 0.2) is 146 Å². The Balaban J connectivity index is 1.10. The van der Waals surface area contributed by atoms with Gasteiger partial charge in [0.05, 0.1) is 42.5 Å². The smallest absolute Gasteiger partial charge is 0.0889 e. The molecule has 0 radical (unpaired) electrons. The Morgan fingerprint density at radius 2 is 0.849 bits per heavy atom. The van der Waals surface area contributed by atoms with Crippen molar-refractivity contribution in [1.29, 1.82) is 0 Å². The third kappa shape index (κ3) is 3.73. The topological polar surface area (TPSA) is 35.6 Å². The normalized spacial score (nSPS) is 12.5. The highest BCUT2D eigenvalue weighted by Crippen LogP contribution is 2.48. The molecule has 0 aliphatic rings. The molecule has 0 aliphatic carbocycles. The molecule has 0 N–H and O–H groups in total. The monoisotopic (exact) mass is 728 g/mol. The van der Waals surface area contributed by atoms with E-state index in [1.54, 1.807) is 0 Å². The second kappa shape index (κ2) is 10.3. The first-order valence-electron chi connectivity index (χ1n) is 17.6. The number of aromatic nitrogens is 4. The minimum absolute atomic E-state index is 1.07. The lowest BCUT2D eigenvalue weighted by Gasteiger charge is -2.08. The summed E-state index contributed by atoms with van der Waals surface area (Å²) in [5.74, 6) is 0. The van der Waals surface area contributed by atoms with Crippen LogP contribution in [0.4, 0.5) is 0 Å². The zero-order valence-electron chi connectivity index (χ0n) is 27.9. The van der Waals surface area contributed by atoms with E-state index in [-0.39, 0.29) is 0 Å². The highest BCUT2D eigenvalue weighted by atomic mass is 32.1. The lowest BCUT2D eigenvalue weighted by molar-refractivity contribution is 1.19. The Morgan fingerprint density at radius 1 is 0.358 bits per heavy atom. The number of fused-ring (bicyclic) bond motifs is 17. The average Bonchev–Trinajstić information content (AvgIpc) is 4.01. The fraction of sp³-hybridized carbons (Fsp3) is 0. The van der Waals surface area contributed by atoms with Gasteiger partial charge in [-0.25, -0.2) is 0 Å². The van der Waals surface area contributed by atoms with Crippen molar-refractivity contribution in [2.24, 2.45) is 0 Å². The van der Waals surface area contributed by atoms with Crippen molar-refractivity contribution in [3.05, 3.63) is 146 Å². The summed E-state index contributed by atoms with van der Waals surface area (Å²) in [7, 11) is 0. The van der Waals surface area contributed by atoms with E-state index in [9.17, 15) is 0 Å². The predicted molar refractivity (Wildman–Crippen MR) is 229 cm³/mol. The van der Waals surface area contributed by atoms with Crippen LogP contribution in [0.1, 0.15) is 0 Å². The van der Waals surface area contributed by atoms with Crippen molar-refractivity contribution in [2.45, 2.75) is 0 Å². The molecule has 0 unspecified atom stereocenters. The van der Waals surface area contributed by atoms with E-state index in [2.05, 4.69) is 130 Å². The third-order valence-electron chi connectivity index (χ3n) is 11.0. The zero-order chi connectivity index (χ0) is 34.4. The van der Waals surface area contributed by atoms with Gasteiger partial charge in [0.1, 0.15) is 0 Å². The lowest BCUT2D eigenvalue weighted by Crippen LogP contribution is -1.93. The number of benzene rings is 6. The average molecular weight is 729 g/mol. The second-order valence-electron chi connectivity index (χ2n) is 13.7. The van der Waals surface area contributed by atoms with Crippen LogP contribution in [0.5, 0.6) is 0 Å². The van der Waals surface area contributed by atoms with Gasteiger partial charge < -0.3 is 9.13 Å². The molecule has 0 bridgehead atoms. The molecule has 0 saturated heterocycles. The van der Waals surface area contributed by atoms with Crippen LogP contribution < -0.4 is 0 Å². The fourth-order valence-corrected chi connectivity index (χ4v) is 12.3. The molecular formula is C46H24N4S3. The third-order valence-corrected chi connectivity index (χ3v) is 14.5. The van der Waals surface area contributed by atoms with Crippen molar-refractivity contribution < 1.29 is 0 Å². The van der Waals surface area contributed by atoms with E-state index in [1.165, 1.54) is 93.4 Å². The number of hydrogen-bond acceptors (Lipinski definition) is 5. The van der Waals surface area contributed by atoms with Crippen LogP contribution in [-0.4, -0.2) is 19.1 Å². The van der Waals surface area contributed by atoms with Crippen LogP contribution in [0.2, 0.25) is 0 Å². The molecule has 0 saturated carbocycles. The summed E-state index contributed by atoms with van der Waals surface area (Å²) in [6.07, 6.45) is 3.80. The van der Waals surface area contributed by atoms with E-state index >= 15 is 0 Å². The first kappa shape index (κ1) is 28.5. The summed E-state index contributed by atoms with van der Waals surface area (Å²) in [5.41, 5.74) is 9.34. The maximum atomic E-state index is 4.77. The standard InChI is InChI=1S/C46H24N4S3/c1-3-9-33-29(7-1)41-35(49(33)25-13-19-37-31(23-25)43-39(51-37)11-5-21-47-43)17-15-27-28-16-18-36-42(46(28)53-45(27)41)30-8-2-4-10-34(30)50(36)26-14-20-38-32(24-26)44-40(52-38)12-6-22-48-44/h1-24H. The Kier molecular flexibility index (Phi) is 5.51. The summed E-state index contributed by atoms with van der Waals surface area (Å²) in [4.78, 5) is 9.54. The molecule has 246 valence electrons. The number of para-hydroxylation sites is 2. The molecule has 0 atom stereocenters. The van der Waals surface area contributed by atoms with Crippen molar-refractivity contribution in [1.82, 2.24) is 19.1 Å². The van der Waals surface area contributed by atoms with Crippen LogP contribution in [0.3, 0.4) is 0 Å². The second-order valence-corrected chi connectivity index (χ2v) is 16.9. The SMILES string of the molecule is c1cnc2c(c1)sc1ccc(-n3c4ccccc4c4c5sc6c(ccc7c6c6ccccc6n7-c6ccc7sc8cccnc8c7c6)c5ccc43)cc12. The van der Waals surface area contributed by atoms with Gasteiger partial charge in [0, 0.05) is 85.7 Å². The van der Waals surface area contributed by atoms with Gasteiger partial charge in [0.15, 0.2) is 0 Å². The van der Waals surface area contributed by atoms with Crippen molar-refractivity contribution in [2.75, 3.05) is 0 Å². The Morgan fingerprint density at radius 3 is 1.36 bits per heavy atom. The van der Waals surface area contributed by atoms with Crippen LogP contribution >= 0.6 is 34.0 Å². The van der Waals surface area contributed by atoms with Gasteiger partial charge in [0.2, 0.25) is 0 Å². The number of rotatable bonds is 2. The number of pyridine rings is 2. The van der Waals surface area contributed by atoms with Gasteiger partial charge >= 0.3 is 0 Å². The molecule has 7 heteroatoms. The number of nitrogens with zero attached hydrogens (tertiary/aromatic N) is 4. The van der Waals surface area contributed by atoms with Gasteiger partial charge in [-0.3, -0.25) is 9.97 Å². The maximum absolute atomic E-state index is 4.77. The molecule has 13 aromatic rings. The summed E-state index contributed by atoms with van der Waals surface area (Å²) in [6.45, 7) is 0. The highest BCUT2D eigenvalue weighted by molar-refractivity contribution is 7.28. The van der Waals surface area contributed by atoms with Gasteiger partial charge in [0.25, 0.3) is 0 Å². The van der Waals surface area contributed by atoms with Crippen molar-refractivity contribution in [3.8, 4) is 11.4 Å². The van der Waals surface area contributed by atoms with Crippen molar-refractivity contribution >= 4 is 138 Å². The summed E-state index contributed by atoms with van der Waals surface area (Å²) in [5, 5.41) is 10.2. The molecule has 0 spiro atoms. The first-order valence-corrected chi connectivity index (χ1v) is 20.1. The minimum Gasteiger partial charge on any atom is -0.309 e. The Labute approximate surface area is 313 Å². The Hall–Kier alpha value is -6.12. The van der Waals surface area contributed by atoms with E-state index in [0.717, 1.165) is 22.4 Å². The highest BCUT2D eigenvalue weighted by Gasteiger charge is 2.22. The zero-order valence-corrected chi connectivity index (χ0v) is 30.3. The summed E-state index contributed by atoms with van der Waals surface area (Å²) in [6, 6.07) is 49.2.